The summed E-state index contributed by atoms with van der Waals surface area (Å²) in [4.78, 5) is 16.6. The summed E-state index contributed by atoms with van der Waals surface area (Å²) in [5.41, 5.74) is 0.753. The molecule has 0 bridgehead atoms. The van der Waals surface area contributed by atoms with E-state index in [1.54, 1.807) is 0 Å². The molecule has 0 fully saturated rings. The molecule has 1 amide bonds. The third kappa shape index (κ3) is 2.79. The lowest BCUT2D eigenvalue weighted by Crippen LogP contribution is -2.70. The standard InChI is InChI=1S/C13H11F2N3O2/c1-8(19)18(12-3-2-9(14)6-11(12)15)13-7-10(17-20)4-5-16-13/h2-7H,17H2,1H3. The van der Waals surface area contributed by atoms with Gasteiger partial charge in [-0.3, -0.25) is 9.69 Å². The molecule has 5 nitrogen and oxygen atoms in total. The Kier molecular flexibility index (Phi) is 4.02. The molecule has 2 N–H and O–H groups in total. The van der Waals surface area contributed by atoms with Crippen molar-refractivity contribution in [3.05, 3.63) is 53.4 Å². The van der Waals surface area contributed by atoms with E-state index in [0.717, 1.165) is 17.0 Å². The van der Waals surface area contributed by atoms with E-state index >= 15 is 0 Å². The maximum atomic E-state index is 13.8. The number of rotatable bonds is 3. The van der Waals surface area contributed by atoms with E-state index in [-0.39, 0.29) is 11.5 Å². The van der Waals surface area contributed by atoms with Gasteiger partial charge in [0.1, 0.15) is 23.1 Å². The van der Waals surface area contributed by atoms with Gasteiger partial charge in [0, 0.05) is 31.3 Å². The summed E-state index contributed by atoms with van der Waals surface area (Å²) in [5.74, 6) is -2.05. The fraction of sp³-hybridized carbons (Fsp3) is 0.0769. The van der Waals surface area contributed by atoms with Crippen LogP contribution < -0.4 is 10.4 Å². The van der Waals surface area contributed by atoms with E-state index in [0.29, 0.717) is 17.2 Å². The minimum Gasteiger partial charge on any atom is -0.630 e. The molecule has 7 heteroatoms. The van der Waals surface area contributed by atoms with Crippen molar-refractivity contribution >= 4 is 23.1 Å². The van der Waals surface area contributed by atoms with E-state index in [9.17, 15) is 18.8 Å². The van der Waals surface area contributed by atoms with Crippen molar-refractivity contribution in [3.8, 4) is 0 Å². The number of hydrogen-bond acceptors (Lipinski definition) is 3. The smallest absolute Gasteiger partial charge is 0.229 e. The first-order valence-electron chi connectivity index (χ1n) is 5.70. The molecule has 0 aliphatic rings. The Bertz CT molecular complexity index is 649. The minimum atomic E-state index is -0.890. The molecular formula is C13H11F2N3O2. The Morgan fingerprint density at radius 1 is 1.30 bits per heavy atom. The Morgan fingerprint density at radius 2 is 2.05 bits per heavy atom. The minimum absolute atomic E-state index is 0.0904. The van der Waals surface area contributed by atoms with Crippen LogP contribution in [-0.2, 0) is 4.79 Å². The third-order valence-corrected chi connectivity index (χ3v) is 2.60. The molecule has 0 saturated carbocycles. The molecule has 0 saturated heterocycles. The Labute approximate surface area is 113 Å². The van der Waals surface area contributed by atoms with Gasteiger partial charge < -0.3 is 10.7 Å². The quantitative estimate of drug-likeness (QED) is 0.870. The number of amides is 1. The van der Waals surface area contributed by atoms with Crippen LogP contribution in [0.25, 0.3) is 0 Å². The van der Waals surface area contributed by atoms with E-state index < -0.39 is 17.5 Å². The highest BCUT2D eigenvalue weighted by Crippen LogP contribution is 2.27. The SMILES string of the molecule is CC(=O)N(c1cc([NH2+][O-])ccn1)c1ccc(F)cc1F. The van der Waals surface area contributed by atoms with Gasteiger partial charge in [0.25, 0.3) is 0 Å². The van der Waals surface area contributed by atoms with E-state index in [2.05, 4.69) is 4.98 Å². The predicted octanol–water partition coefficient (Wildman–Crippen LogP) is 1.74. The summed E-state index contributed by atoms with van der Waals surface area (Å²) in [6.45, 7) is 1.22. The maximum absolute atomic E-state index is 13.8. The summed E-state index contributed by atoms with van der Waals surface area (Å²) < 4.78 is 26.7. The Morgan fingerprint density at radius 3 is 2.65 bits per heavy atom. The number of quaternary nitrogens is 1. The highest BCUT2D eigenvalue weighted by atomic mass is 19.1. The summed E-state index contributed by atoms with van der Waals surface area (Å²) in [5, 5.41) is 10.7. The van der Waals surface area contributed by atoms with Crippen molar-refractivity contribution in [3.63, 3.8) is 0 Å². The second kappa shape index (κ2) is 5.72. The van der Waals surface area contributed by atoms with Crippen LogP contribution in [0.1, 0.15) is 6.92 Å². The molecule has 2 rings (SSSR count). The first-order valence-corrected chi connectivity index (χ1v) is 5.70. The molecule has 2 aromatic rings. The monoisotopic (exact) mass is 279 g/mol. The van der Waals surface area contributed by atoms with Gasteiger partial charge in [-0.1, -0.05) is 0 Å². The van der Waals surface area contributed by atoms with E-state index in [4.69, 9.17) is 0 Å². The Hall–Kier alpha value is -2.38. The molecule has 0 aliphatic heterocycles. The molecule has 1 aromatic carbocycles. The second-order valence-corrected chi connectivity index (χ2v) is 4.02. The molecule has 1 aromatic heterocycles. The Balaban J connectivity index is 2.53. The van der Waals surface area contributed by atoms with Gasteiger partial charge in [0.2, 0.25) is 5.91 Å². The van der Waals surface area contributed by atoms with Crippen LogP contribution in [0.2, 0.25) is 0 Å². The highest BCUT2D eigenvalue weighted by molar-refractivity contribution is 5.98. The zero-order valence-electron chi connectivity index (χ0n) is 10.5. The lowest BCUT2D eigenvalue weighted by atomic mass is 10.2. The largest absolute Gasteiger partial charge is 0.630 e. The van der Waals surface area contributed by atoms with E-state index in [1.165, 1.54) is 25.3 Å². The number of carbonyl (C=O) groups excluding carboxylic acids is 1. The number of halogens is 2. The number of pyridine rings is 1. The van der Waals surface area contributed by atoms with Crippen molar-refractivity contribution in [1.29, 1.82) is 0 Å². The van der Waals surface area contributed by atoms with Crippen molar-refractivity contribution in [1.82, 2.24) is 4.98 Å². The number of aromatic nitrogens is 1. The fourth-order valence-corrected chi connectivity index (χ4v) is 1.75. The van der Waals surface area contributed by atoms with Crippen LogP contribution in [-0.4, -0.2) is 10.9 Å². The molecule has 104 valence electrons. The topological polar surface area (TPSA) is 72.9 Å². The summed E-state index contributed by atoms with van der Waals surface area (Å²) in [7, 11) is 0. The second-order valence-electron chi connectivity index (χ2n) is 4.02. The molecule has 20 heavy (non-hydrogen) atoms. The normalized spacial score (nSPS) is 10.4. The summed E-state index contributed by atoms with van der Waals surface area (Å²) in [6.07, 6.45) is 1.33. The third-order valence-electron chi connectivity index (χ3n) is 2.60. The van der Waals surface area contributed by atoms with Gasteiger partial charge in [-0.15, -0.1) is 0 Å². The lowest BCUT2D eigenvalue weighted by molar-refractivity contribution is -0.497. The maximum Gasteiger partial charge on any atom is 0.229 e. The van der Waals surface area contributed by atoms with Gasteiger partial charge in [-0.2, -0.15) is 0 Å². The number of nitrogens with zero attached hydrogens (tertiary/aromatic N) is 2. The molecule has 0 aliphatic carbocycles. The predicted molar refractivity (Wildman–Crippen MR) is 68.4 cm³/mol. The zero-order valence-corrected chi connectivity index (χ0v) is 10.5. The van der Waals surface area contributed by atoms with Crippen molar-refractivity contribution in [2.24, 2.45) is 0 Å². The molecular weight excluding hydrogens is 268 g/mol. The first kappa shape index (κ1) is 14.0. The summed E-state index contributed by atoms with van der Waals surface area (Å²) >= 11 is 0. The van der Waals surface area contributed by atoms with Crippen molar-refractivity contribution in [2.45, 2.75) is 6.92 Å². The van der Waals surface area contributed by atoms with Crippen LogP contribution in [0.3, 0.4) is 0 Å². The van der Waals surface area contributed by atoms with Crippen LogP contribution in [0.4, 0.5) is 26.0 Å². The molecule has 0 unspecified atom stereocenters. The lowest BCUT2D eigenvalue weighted by Gasteiger charge is -2.21. The number of nitrogens with two attached hydrogens (primary N) is 1. The van der Waals surface area contributed by atoms with Gasteiger partial charge in [0.15, 0.2) is 0 Å². The van der Waals surface area contributed by atoms with Gasteiger partial charge in [-0.25, -0.2) is 13.8 Å². The molecule has 0 spiro atoms. The van der Waals surface area contributed by atoms with Crippen LogP contribution >= 0.6 is 0 Å². The van der Waals surface area contributed by atoms with Crippen molar-refractivity contribution in [2.75, 3.05) is 4.90 Å². The molecule has 1 heterocycles. The number of hydrogen-bond donors (Lipinski definition) is 1. The van der Waals surface area contributed by atoms with Gasteiger partial charge >= 0.3 is 0 Å². The van der Waals surface area contributed by atoms with Crippen LogP contribution in [0.5, 0.6) is 0 Å². The zero-order chi connectivity index (χ0) is 14.7. The average Bonchev–Trinajstić information content (AvgIpc) is 2.41. The number of anilines is 2. The van der Waals surface area contributed by atoms with Crippen molar-refractivity contribution < 1.29 is 19.1 Å². The molecule has 0 atom stereocenters. The number of benzene rings is 1. The average molecular weight is 279 g/mol. The summed E-state index contributed by atoms with van der Waals surface area (Å²) in [6, 6.07) is 5.65. The van der Waals surface area contributed by atoms with Crippen LogP contribution in [0.15, 0.2) is 36.5 Å². The highest BCUT2D eigenvalue weighted by Gasteiger charge is 2.20. The molecule has 0 radical (unpaired) electrons. The van der Waals surface area contributed by atoms with Gasteiger partial charge in [0.05, 0.1) is 5.69 Å². The van der Waals surface area contributed by atoms with E-state index in [1.807, 2.05) is 0 Å². The van der Waals surface area contributed by atoms with Crippen LogP contribution in [0, 0.1) is 16.8 Å². The number of carbonyl (C=O) groups is 1. The van der Waals surface area contributed by atoms with Gasteiger partial charge in [-0.05, 0) is 12.1 Å². The fourth-order valence-electron chi connectivity index (χ4n) is 1.75. The first-order chi connectivity index (χ1) is 9.52.